The molecule has 0 aliphatic heterocycles. The van der Waals surface area contributed by atoms with Crippen molar-refractivity contribution >= 4 is 18.6 Å². The number of carboxylic acids is 1. The van der Waals surface area contributed by atoms with Crippen molar-refractivity contribution in [1.82, 2.24) is 0 Å². The van der Waals surface area contributed by atoms with Crippen LogP contribution in [0, 0.1) is 0 Å². The molecule has 26 heavy (non-hydrogen) atoms. The van der Waals surface area contributed by atoms with Gasteiger partial charge in [-0.3, -0.25) is 4.79 Å². The van der Waals surface area contributed by atoms with Gasteiger partial charge < -0.3 is 10.8 Å². The van der Waals surface area contributed by atoms with Gasteiger partial charge in [-0.1, -0.05) is 91.0 Å². The predicted octanol–water partition coefficient (Wildman–Crippen LogP) is 3.73. The molecule has 0 spiro atoms. The van der Waals surface area contributed by atoms with Crippen molar-refractivity contribution in [1.29, 1.82) is 0 Å². The molecule has 0 saturated heterocycles. The number of hydrogen-bond donors (Lipinski definition) is 3. The van der Waals surface area contributed by atoms with E-state index < -0.39 is 16.9 Å². The molecule has 0 saturated carbocycles. The van der Waals surface area contributed by atoms with E-state index in [-0.39, 0.29) is 5.75 Å². The van der Waals surface area contributed by atoms with E-state index in [0.717, 1.165) is 16.7 Å². The lowest BCUT2D eigenvalue weighted by molar-refractivity contribution is -0.144. The summed E-state index contributed by atoms with van der Waals surface area (Å²) in [6.07, 6.45) is 0. The Morgan fingerprint density at radius 3 is 1.31 bits per heavy atom. The Hall–Kier alpha value is -2.56. The van der Waals surface area contributed by atoms with E-state index in [2.05, 4.69) is 12.6 Å². The van der Waals surface area contributed by atoms with Crippen LogP contribution in [0.25, 0.3) is 0 Å². The lowest BCUT2D eigenvalue weighted by Gasteiger charge is -2.46. The number of benzene rings is 3. The van der Waals surface area contributed by atoms with Crippen molar-refractivity contribution in [3.05, 3.63) is 108 Å². The second-order valence-electron chi connectivity index (χ2n) is 6.28. The maximum absolute atomic E-state index is 12.4. The second-order valence-corrected chi connectivity index (χ2v) is 6.60. The summed E-state index contributed by atoms with van der Waals surface area (Å²) in [5.74, 6) is -1.12. The minimum absolute atomic E-state index is 0.0268. The molecule has 4 heteroatoms. The topological polar surface area (TPSA) is 63.3 Å². The van der Waals surface area contributed by atoms with Gasteiger partial charge in [-0.2, -0.15) is 12.6 Å². The van der Waals surface area contributed by atoms with Gasteiger partial charge in [-0.15, -0.1) is 0 Å². The van der Waals surface area contributed by atoms with Crippen LogP contribution in [0.15, 0.2) is 91.0 Å². The number of nitrogens with two attached hydrogens (primary N) is 1. The van der Waals surface area contributed by atoms with Crippen molar-refractivity contribution in [2.24, 2.45) is 5.73 Å². The molecule has 132 valence electrons. The smallest absolute Gasteiger partial charge is 0.326 e. The Bertz CT molecular complexity index is 772. The molecular formula is C22H21NO2S. The van der Waals surface area contributed by atoms with Crippen molar-refractivity contribution < 1.29 is 9.90 Å². The maximum atomic E-state index is 12.4. The molecular weight excluding hydrogens is 342 g/mol. The van der Waals surface area contributed by atoms with Crippen molar-refractivity contribution in [2.75, 3.05) is 5.75 Å². The standard InChI is InChI=1S/C22H21NO2S/c23-21(16-26,20(24)25)22(17-10-4-1-5-11-17,18-12-6-2-7-13-18)19-14-8-3-9-15-19/h1-15,26H,16,23H2,(H,24,25)/t21-/m1/s1. The van der Waals surface area contributed by atoms with Gasteiger partial charge >= 0.3 is 5.97 Å². The second kappa shape index (κ2) is 7.36. The molecule has 0 unspecified atom stereocenters. The van der Waals surface area contributed by atoms with E-state index in [1.165, 1.54) is 0 Å². The molecule has 0 fully saturated rings. The zero-order chi connectivity index (χ0) is 18.6. The van der Waals surface area contributed by atoms with E-state index >= 15 is 0 Å². The van der Waals surface area contributed by atoms with Crippen LogP contribution < -0.4 is 5.73 Å². The highest BCUT2D eigenvalue weighted by Gasteiger charge is 2.56. The molecule has 3 N–H and O–H groups in total. The Balaban J connectivity index is 2.50. The van der Waals surface area contributed by atoms with Gasteiger partial charge in [-0.05, 0) is 16.7 Å². The third kappa shape index (κ3) is 2.71. The molecule has 3 rings (SSSR count). The van der Waals surface area contributed by atoms with Gasteiger partial charge in [0.15, 0.2) is 0 Å². The highest BCUT2D eigenvalue weighted by molar-refractivity contribution is 7.80. The molecule has 0 aliphatic carbocycles. The lowest BCUT2D eigenvalue weighted by Crippen LogP contribution is -2.66. The Morgan fingerprint density at radius 2 is 1.08 bits per heavy atom. The van der Waals surface area contributed by atoms with Gasteiger partial charge in [0, 0.05) is 5.75 Å². The fourth-order valence-corrected chi connectivity index (χ4v) is 4.06. The van der Waals surface area contributed by atoms with Crippen LogP contribution in [0.3, 0.4) is 0 Å². The predicted molar refractivity (Wildman–Crippen MR) is 108 cm³/mol. The van der Waals surface area contributed by atoms with Crippen LogP contribution in [0.2, 0.25) is 0 Å². The first-order valence-corrected chi connectivity index (χ1v) is 9.00. The van der Waals surface area contributed by atoms with E-state index in [9.17, 15) is 9.90 Å². The number of hydrogen-bond acceptors (Lipinski definition) is 3. The highest BCUT2D eigenvalue weighted by Crippen LogP contribution is 2.47. The van der Waals surface area contributed by atoms with Crippen LogP contribution in [-0.2, 0) is 10.2 Å². The van der Waals surface area contributed by atoms with E-state index in [4.69, 9.17) is 5.73 Å². The number of aliphatic carboxylic acids is 1. The molecule has 0 heterocycles. The molecule has 0 bridgehead atoms. The summed E-state index contributed by atoms with van der Waals surface area (Å²) in [7, 11) is 0. The van der Waals surface area contributed by atoms with Gasteiger partial charge in [0.25, 0.3) is 0 Å². The van der Waals surface area contributed by atoms with Crippen molar-refractivity contribution in [2.45, 2.75) is 11.0 Å². The average molecular weight is 363 g/mol. The highest BCUT2D eigenvalue weighted by atomic mass is 32.1. The van der Waals surface area contributed by atoms with Crippen LogP contribution in [0.1, 0.15) is 16.7 Å². The summed E-state index contributed by atoms with van der Waals surface area (Å²) >= 11 is 4.38. The van der Waals surface area contributed by atoms with E-state index in [1.807, 2.05) is 91.0 Å². The summed E-state index contributed by atoms with van der Waals surface area (Å²) in [6, 6.07) is 28.7. The quantitative estimate of drug-likeness (QED) is 0.462. The number of carboxylic acid groups (broad SMARTS) is 1. The molecule has 0 aliphatic rings. The van der Waals surface area contributed by atoms with Crippen LogP contribution in [0.5, 0.6) is 0 Å². The Morgan fingerprint density at radius 1 is 0.769 bits per heavy atom. The Kier molecular flexibility index (Phi) is 5.16. The fraction of sp³-hybridized carbons (Fsp3) is 0.136. The molecule has 3 aromatic carbocycles. The fourth-order valence-electron chi connectivity index (χ4n) is 3.68. The minimum Gasteiger partial charge on any atom is -0.480 e. The summed E-state index contributed by atoms with van der Waals surface area (Å²) in [6.45, 7) is 0. The number of rotatable bonds is 6. The lowest BCUT2D eigenvalue weighted by atomic mass is 9.58. The zero-order valence-corrected chi connectivity index (χ0v) is 15.1. The largest absolute Gasteiger partial charge is 0.480 e. The molecule has 3 aromatic rings. The summed E-state index contributed by atoms with van der Waals surface area (Å²) in [4.78, 5) is 12.4. The third-order valence-electron chi connectivity index (χ3n) is 4.92. The maximum Gasteiger partial charge on any atom is 0.326 e. The first kappa shape index (κ1) is 18.2. The first-order chi connectivity index (χ1) is 12.6. The van der Waals surface area contributed by atoms with Gasteiger partial charge in [0.1, 0.15) is 5.54 Å². The molecule has 3 nitrogen and oxygen atoms in total. The van der Waals surface area contributed by atoms with Gasteiger partial charge in [0.2, 0.25) is 0 Å². The average Bonchev–Trinajstić information content (AvgIpc) is 2.70. The number of thiol groups is 1. The number of carbonyl (C=O) groups is 1. The monoisotopic (exact) mass is 363 g/mol. The van der Waals surface area contributed by atoms with Gasteiger partial charge in [0.05, 0.1) is 5.41 Å². The molecule has 1 atom stereocenters. The van der Waals surface area contributed by atoms with Crippen LogP contribution >= 0.6 is 12.6 Å². The van der Waals surface area contributed by atoms with E-state index in [0.29, 0.717) is 0 Å². The zero-order valence-electron chi connectivity index (χ0n) is 14.2. The Labute approximate surface area is 158 Å². The van der Waals surface area contributed by atoms with Gasteiger partial charge in [-0.25, -0.2) is 0 Å². The first-order valence-electron chi connectivity index (χ1n) is 8.37. The summed E-state index contributed by atoms with van der Waals surface area (Å²) in [5, 5.41) is 10.2. The SMILES string of the molecule is N[C@](CS)(C(=O)O)C(c1ccccc1)(c1ccccc1)c1ccccc1. The van der Waals surface area contributed by atoms with Crippen LogP contribution in [-0.4, -0.2) is 22.4 Å². The summed E-state index contributed by atoms with van der Waals surface area (Å²) in [5.41, 5.74) is 6.34. The minimum atomic E-state index is -1.65. The molecule has 0 amide bonds. The summed E-state index contributed by atoms with van der Waals surface area (Å²) < 4.78 is 0. The van der Waals surface area contributed by atoms with Crippen LogP contribution in [0.4, 0.5) is 0 Å². The van der Waals surface area contributed by atoms with Crippen molar-refractivity contribution in [3.8, 4) is 0 Å². The normalized spacial score (nSPS) is 13.8. The molecule has 0 radical (unpaired) electrons. The molecule has 0 aromatic heterocycles. The van der Waals surface area contributed by atoms with E-state index in [1.54, 1.807) is 0 Å². The third-order valence-corrected chi connectivity index (χ3v) is 5.42. The van der Waals surface area contributed by atoms with Crippen molar-refractivity contribution in [3.63, 3.8) is 0 Å².